The molecule has 2 aromatic heterocycles. The summed E-state index contributed by atoms with van der Waals surface area (Å²) < 4.78 is 14.1. The van der Waals surface area contributed by atoms with Gasteiger partial charge in [-0.2, -0.15) is 5.10 Å². The molecule has 0 N–H and O–H groups in total. The summed E-state index contributed by atoms with van der Waals surface area (Å²) in [6.07, 6.45) is 3.35. The van der Waals surface area contributed by atoms with Crippen LogP contribution in [0.4, 0.5) is 0 Å². The molecule has 26 heavy (non-hydrogen) atoms. The zero-order valence-corrected chi connectivity index (χ0v) is 15.5. The van der Waals surface area contributed by atoms with Crippen LogP contribution in [0.5, 0.6) is 0 Å². The second kappa shape index (κ2) is 7.80. The van der Waals surface area contributed by atoms with Gasteiger partial charge in [-0.3, -0.25) is 4.21 Å². The molecule has 0 radical (unpaired) electrons. The molecule has 1 atom stereocenters. The average molecular weight is 380 g/mol. The summed E-state index contributed by atoms with van der Waals surface area (Å²) in [5, 5.41) is 6.23. The van der Waals surface area contributed by atoms with Crippen molar-refractivity contribution in [3.8, 4) is 5.69 Å². The summed E-state index contributed by atoms with van der Waals surface area (Å²) >= 11 is 1.58. The minimum Gasteiger partial charge on any atom is -0.254 e. The van der Waals surface area contributed by atoms with Crippen molar-refractivity contribution in [1.29, 1.82) is 0 Å². The van der Waals surface area contributed by atoms with E-state index in [0.717, 1.165) is 26.6 Å². The smallest absolute Gasteiger partial charge is 0.167 e. The summed E-state index contributed by atoms with van der Waals surface area (Å²) in [4.78, 5) is 9.63. The third-order valence-electron chi connectivity index (χ3n) is 3.84. The molecule has 1 unspecified atom stereocenters. The maximum atomic E-state index is 12.3. The molecule has 4 rings (SSSR count). The molecule has 0 amide bonds. The van der Waals surface area contributed by atoms with Crippen LogP contribution in [0.15, 0.2) is 83.1 Å². The molecular weight excluding hydrogens is 364 g/mol. The fraction of sp³-hybridized carbons (Fsp3) is 0.105. The lowest BCUT2D eigenvalue weighted by Crippen LogP contribution is -2.01. The number of hydrogen-bond acceptors (Lipinski definition) is 5. The van der Waals surface area contributed by atoms with E-state index in [-0.39, 0.29) is 0 Å². The lowest BCUT2D eigenvalue weighted by molar-refractivity contribution is 0.684. The van der Waals surface area contributed by atoms with Crippen molar-refractivity contribution < 1.29 is 4.21 Å². The van der Waals surface area contributed by atoms with E-state index in [1.165, 1.54) is 0 Å². The number of fused-ring (bicyclic) bond motifs is 1. The van der Waals surface area contributed by atoms with Crippen molar-refractivity contribution in [3.63, 3.8) is 0 Å². The number of para-hydroxylation sites is 1. The summed E-state index contributed by atoms with van der Waals surface area (Å²) in [6.45, 7) is 0. The van der Waals surface area contributed by atoms with Crippen LogP contribution >= 0.6 is 11.8 Å². The first-order valence-corrected chi connectivity index (χ1v) is 10.4. The van der Waals surface area contributed by atoms with Crippen molar-refractivity contribution in [2.45, 2.75) is 9.92 Å². The monoisotopic (exact) mass is 380 g/mol. The Balaban J connectivity index is 1.51. The quantitative estimate of drug-likeness (QED) is 0.377. The molecule has 0 saturated carbocycles. The lowest BCUT2D eigenvalue weighted by atomic mass is 10.3. The molecule has 5 nitrogen and oxygen atoms in total. The Morgan fingerprint density at radius 1 is 0.962 bits per heavy atom. The number of aromatic nitrogens is 4. The molecule has 2 aromatic carbocycles. The molecule has 7 heteroatoms. The zero-order valence-electron chi connectivity index (χ0n) is 13.9. The molecule has 0 fully saturated rings. The molecular formula is C19H16N4OS2. The minimum absolute atomic E-state index is 0.576. The van der Waals surface area contributed by atoms with Crippen molar-refractivity contribution >= 4 is 33.6 Å². The molecule has 0 aliphatic rings. The number of rotatable bonds is 6. The van der Waals surface area contributed by atoms with Gasteiger partial charge in [-0.15, -0.1) is 11.8 Å². The Hall–Kier alpha value is -2.51. The second-order valence-electron chi connectivity index (χ2n) is 5.52. The van der Waals surface area contributed by atoms with Crippen molar-refractivity contribution in [1.82, 2.24) is 19.7 Å². The highest BCUT2D eigenvalue weighted by molar-refractivity contribution is 8.00. The summed E-state index contributed by atoms with van der Waals surface area (Å²) in [7, 11) is -1.00. The lowest BCUT2D eigenvalue weighted by Gasteiger charge is -2.04. The van der Waals surface area contributed by atoms with Crippen LogP contribution in [0.25, 0.3) is 16.7 Å². The molecule has 0 aliphatic heterocycles. The molecule has 2 heterocycles. The van der Waals surface area contributed by atoms with E-state index in [1.807, 2.05) is 65.3 Å². The van der Waals surface area contributed by atoms with E-state index in [9.17, 15) is 4.21 Å². The predicted octanol–water partition coefficient (Wildman–Crippen LogP) is 3.72. The zero-order chi connectivity index (χ0) is 17.8. The van der Waals surface area contributed by atoms with Gasteiger partial charge in [0.15, 0.2) is 5.65 Å². The van der Waals surface area contributed by atoms with Gasteiger partial charge in [0.1, 0.15) is 11.4 Å². The van der Waals surface area contributed by atoms with Crippen molar-refractivity contribution in [3.05, 3.63) is 73.2 Å². The highest BCUT2D eigenvalue weighted by atomic mass is 32.2. The normalized spacial score (nSPS) is 12.3. The van der Waals surface area contributed by atoms with E-state index in [1.54, 1.807) is 24.3 Å². The Morgan fingerprint density at radius 2 is 1.69 bits per heavy atom. The van der Waals surface area contributed by atoms with Crippen LogP contribution in [0.1, 0.15) is 0 Å². The summed E-state index contributed by atoms with van der Waals surface area (Å²) in [5.41, 5.74) is 1.74. The van der Waals surface area contributed by atoms with Crippen LogP contribution in [0.2, 0.25) is 0 Å². The number of hydrogen-bond donors (Lipinski definition) is 0. The third kappa shape index (κ3) is 3.54. The Labute approximate surface area is 158 Å². The largest absolute Gasteiger partial charge is 0.254 e. The van der Waals surface area contributed by atoms with Gasteiger partial charge in [-0.1, -0.05) is 36.4 Å². The number of thioether (sulfide) groups is 1. The topological polar surface area (TPSA) is 60.7 Å². The number of nitrogens with zero attached hydrogens (tertiary/aromatic N) is 4. The first kappa shape index (κ1) is 16.9. The highest BCUT2D eigenvalue weighted by Gasteiger charge is 2.12. The van der Waals surface area contributed by atoms with Gasteiger partial charge < -0.3 is 0 Å². The van der Waals surface area contributed by atoms with Gasteiger partial charge in [0.05, 0.1) is 28.1 Å². The first-order chi connectivity index (χ1) is 12.8. The highest BCUT2D eigenvalue weighted by Crippen LogP contribution is 2.26. The van der Waals surface area contributed by atoms with Gasteiger partial charge in [0.25, 0.3) is 0 Å². The maximum absolute atomic E-state index is 12.3. The molecule has 4 aromatic rings. The van der Waals surface area contributed by atoms with E-state index in [4.69, 9.17) is 0 Å². The standard InChI is InChI=1S/C19H16N4OS2/c24-26(16-9-5-2-6-10-16)12-11-25-19-17-13-22-23(18(17)20-14-21-19)15-7-3-1-4-8-15/h1-10,13-14H,11-12H2. The SMILES string of the molecule is O=S(CCSc1ncnc2c1cnn2-c1ccccc1)c1ccccc1. The molecule has 130 valence electrons. The molecule has 0 aliphatic carbocycles. The van der Waals surface area contributed by atoms with Gasteiger partial charge in [-0.25, -0.2) is 14.6 Å². The van der Waals surface area contributed by atoms with E-state index in [2.05, 4.69) is 15.1 Å². The van der Waals surface area contributed by atoms with Crippen LogP contribution < -0.4 is 0 Å². The molecule has 0 bridgehead atoms. The van der Waals surface area contributed by atoms with Gasteiger partial charge in [-0.05, 0) is 24.3 Å². The van der Waals surface area contributed by atoms with Crippen LogP contribution in [-0.4, -0.2) is 35.5 Å². The Morgan fingerprint density at radius 3 is 2.46 bits per heavy atom. The Kier molecular flexibility index (Phi) is 5.08. The summed E-state index contributed by atoms with van der Waals surface area (Å²) in [5.74, 6) is 1.29. The van der Waals surface area contributed by atoms with Crippen molar-refractivity contribution in [2.24, 2.45) is 0 Å². The molecule has 0 spiro atoms. The van der Waals surface area contributed by atoms with Gasteiger partial charge in [0.2, 0.25) is 0 Å². The Bertz CT molecular complexity index is 1040. The predicted molar refractivity (Wildman–Crippen MR) is 105 cm³/mol. The average Bonchev–Trinajstić information content (AvgIpc) is 3.14. The van der Waals surface area contributed by atoms with E-state index in [0.29, 0.717) is 11.5 Å². The fourth-order valence-electron chi connectivity index (χ4n) is 2.60. The van der Waals surface area contributed by atoms with Crippen LogP contribution in [0, 0.1) is 0 Å². The van der Waals surface area contributed by atoms with Gasteiger partial charge in [0, 0.05) is 16.4 Å². The van der Waals surface area contributed by atoms with E-state index >= 15 is 0 Å². The van der Waals surface area contributed by atoms with E-state index < -0.39 is 10.8 Å². The minimum atomic E-state index is -1.00. The second-order valence-corrected chi connectivity index (χ2v) is 8.17. The van der Waals surface area contributed by atoms with Gasteiger partial charge >= 0.3 is 0 Å². The van der Waals surface area contributed by atoms with Crippen LogP contribution in [-0.2, 0) is 10.8 Å². The third-order valence-corrected chi connectivity index (χ3v) is 6.48. The fourth-order valence-corrected chi connectivity index (χ4v) is 4.85. The maximum Gasteiger partial charge on any atom is 0.167 e. The van der Waals surface area contributed by atoms with Crippen LogP contribution in [0.3, 0.4) is 0 Å². The molecule has 0 saturated heterocycles. The number of benzene rings is 2. The first-order valence-electron chi connectivity index (χ1n) is 8.13. The summed E-state index contributed by atoms with van der Waals surface area (Å²) in [6, 6.07) is 19.4. The van der Waals surface area contributed by atoms with Crippen molar-refractivity contribution in [2.75, 3.05) is 11.5 Å².